The fraction of sp³-hybridized carbons (Fsp3) is 1.00. The number of hydrogen-bond acceptors (Lipinski definition) is 1. The van der Waals surface area contributed by atoms with Crippen molar-refractivity contribution >= 4 is 0 Å². The first-order chi connectivity index (χ1) is 6.75. The standard InChI is InChI=1S/C13H26O/c1-4-5-6-7-8-9-10-12-13(14-12)11(2)3/h11-13H,4-10H2,1-3H3. The maximum absolute atomic E-state index is 5.61. The van der Waals surface area contributed by atoms with E-state index in [-0.39, 0.29) is 0 Å². The molecule has 0 aliphatic carbocycles. The summed E-state index contributed by atoms with van der Waals surface area (Å²) in [7, 11) is 0. The fourth-order valence-corrected chi connectivity index (χ4v) is 2.10. The van der Waals surface area contributed by atoms with Gasteiger partial charge in [0.25, 0.3) is 0 Å². The van der Waals surface area contributed by atoms with Crippen molar-refractivity contribution in [1.82, 2.24) is 0 Å². The Morgan fingerprint density at radius 1 is 1.00 bits per heavy atom. The van der Waals surface area contributed by atoms with Gasteiger partial charge >= 0.3 is 0 Å². The monoisotopic (exact) mass is 198 g/mol. The maximum atomic E-state index is 5.61. The van der Waals surface area contributed by atoms with Gasteiger partial charge in [-0.05, 0) is 12.3 Å². The molecule has 14 heavy (non-hydrogen) atoms. The molecule has 1 aliphatic rings. The molecule has 1 saturated heterocycles. The third kappa shape index (κ3) is 4.45. The number of ether oxygens (including phenoxy) is 1. The summed E-state index contributed by atoms with van der Waals surface area (Å²) in [6.07, 6.45) is 10.9. The fourth-order valence-electron chi connectivity index (χ4n) is 2.10. The topological polar surface area (TPSA) is 12.5 Å². The van der Waals surface area contributed by atoms with E-state index in [9.17, 15) is 0 Å². The number of unbranched alkanes of at least 4 members (excludes halogenated alkanes) is 5. The van der Waals surface area contributed by atoms with E-state index in [4.69, 9.17) is 4.74 Å². The van der Waals surface area contributed by atoms with E-state index in [1.807, 2.05) is 0 Å². The SMILES string of the molecule is CCCCCCCCC1OC1C(C)C. The van der Waals surface area contributed by atoms with Crippen molar-refractivity contribution in [3.05, 3.63) is 0 Å². The summed E-state index contributed by atoms with van der Waals surface area (Å²) in [5, 5.41) is 0. The molecule has 84 valence electrons. The molecule has 0 aromatic carbocycles. The van der Waals surface area contributed by atoms with Gasteiger partial charge < -0.3 is 4.74 Å². The molecule has 2 atom stereocenters. The summed E-state index contributed by atoms with van der Waals surface area (Å²) in [4.78, 5) is 0. The molecule has 0 spiro atoms. The Bertz CT molecular complexity index is 142. The molecule has 1 fully saturated rings. The second kappa shape index (κ2) is 6.44. The van der Waals surface area contributed by atoms with Crippen molar-refractivity contribution in [2.24, 2.45) is 5.92 Å². The highest BCUT2D eigenvalue weighted by molar-refractivity contribution is 4.86. The Balaban J connectivity index is 1.82. The van der Waals surface area contributed by atoms with E-state index in [1.54, 1.807) is 0 Å². The highest BCUT2D eigenvalue weighted by Gasteiger charge is 2.39. The van der Waals surface area contributed by atoms with Crippen LogP contribution in [-0.2, 0) is 4.74 Å². The molecule has 0 bridgehead atoms. The van der Waals surface area contributed by atoms with Gasteiger partial charge in [-0.1, -0.05) is 59.3 Å². The Labute approximate surface area is 89.2 Å². The summed E-state index contributed by atoms with van der Waals surface area (Å²) in [6.45, 7) is 6.78. The Morgan fingerprint density at radius 3 is 2.21 bits per heavy atom. The second-order valence-electron chi connectivity index (χ2n) is 4.94. The van der Waals surface area contributed by atoms with Crippen LogP contribution in [0.3, 0.4) is 0 Å². The van der Waals surface area contributed by atoms with Gasteiger partial charge in [0, 0.05) is 0 Å². The van der Waals surface area contributed by atoms with Gasteiger partial charge in [-0.25, -0.2) is 0 Å². The van der Waals surface area contributed by atoms with Crippen LogP contribution >= 0.6 is 0 Å². The van der Waals surface area contributed by atoms with Crippen LogP contribution in [0.4, 0.5) is 0 Å². The third-order valence-corrected chi connectivity index (χ3v) is 3.12. The molecule has 1 heterocycles. The van der Waals surface area contributed by atoms with E-state index in [2.05, 4.69) is 20.8 Å². The van der Waals surface area contributed by atoms with Gasteiger partial charge in [-0.15, -0.1) is 0 Å². The summed E-state index contributed by atoms with van der Waals surface area (Å²) in [5.74, 6) is 0.722. The highest BCUT2D eigenvalue weighted by atomic mass is 16.6. The lowest BCUT2D eigenvalue weighted by molar-refractivity contribution is 0.328. The van der Waals surface area contributed by atoms with Gasteiger partial charge in [0.2, 0.25) is 0 Å². The molecule has 0 saturated carbocycles. The van der Waals surface area contributed by atoms with Crippen molar-refractivity contribution in [3.8, 4) is 0 Å². The molecular weight excluding hydrogens is 172 g/mol. The molecule has 0 aromatic rings. The van der Waals surface area contributed by atoms with Gasteiger partial charge in [-0.3, -0.25) is 0 Å². The molecule has 2 unspecified atom stereocenters. The molecule has 0 aromatic heterocycles. The van der Waals surface area contributed by atoms with Crippen molar-refractivity contribution < 1.29 is 4.74 Å². The summed E-state index contributed by atoms with van der Waals surface area (Å²) < 4.78 is 5.61. The van der Waals surface area contributed by atoms with Gasteiger partial charge in [0.15, 0.2) is 0 Å². The molecule has 0 radical (unpaired) electrons. The highest BCUT2D eigenvalue weighted by Crippen LogP contribution is 2.32. The van der Waals surface area contributed by atoms with Crippen molar-refractivity contribution in [3.63, 3.8) is 0 Å². The van der Waals surface area contributed by atoms with Crippen LogP contribution in [0.5, 0.6) is 0 Å². The molecule has 0 N–H and O–H groups in total. The lowest BCUT2D eigenvalue weighted by atomic mass is 10.0. The quantitative estimate of drug-likeness (QED) is 0.421. The molecule has 1 nitrogen and oxygen atoms in total. The Morgan fingerprint density at radius 2 is 1.64 bits per heavy atom. The maximum Gasteiger partial charge on any atom is 0.0864 e. The zero-order chi connectivity index (χ0) is 10.4. The van der Waals surface area contributed by atoms with E-state index >= 15 is 0 Å². The molecule has 1 heteroatoms. The van der Waals surface area contributed by atoms with E-state index in [0.29, 0.717) is 12.2 Å². The predicted molar refractivity (Wildman–Crippen MR) is 61.5 cm³/mol. The zero-order valence-corrected chi connectivity index (χ0v) is 10.1. The third-order valence-electron chi connectivity index (χ3n) is 3.12. The summed E-state index contributed by atoms with van der Waals surface area (Å²) >= 11 is 0. The van der Waals surface area contributed by atoms with Crippen LogP contribution in [-0.4, -0.2) is 12.2 Å². The van der Waals surface area contributed by atoms with Crippen molar-refractivity contribution in [2.75, 3.05) is 0 Å². The average Bonchev–Trinajstić information content (AvgIpc) is 2.90. The van der Waals surface area contributed by atoms with Crippen LogP contribution in [0.1, 0.15) is 65.7 Å². The van der Waals surface area contributed by atoms with Crippen LogP contribution in [0.15, 0.2) is 0 Å². The minimum absolute atomic E-state index is 0.589. The van der Waals surface area contributed by atoms with Gasteiger partial charge in [0.1, 0.15) is 0 Å². The van der Waals surface area contributed by atoms with Crippen LogP contribution < -0.4 is 0 Å². The normalized spacial score (nSPS) is 25.7. The smallest absolute Gasteiger partial charge is 0.0864 e. The van der Waals surface area contributed by atoms with E-state index < -0.39 is 0 Å². The number of hydrogen-bond donors (Lipinski definition) is 0. The molecular formula is C13H26O. The second-order valence-corrected chi connectivity index (χ2v) is 4.94. The van der Waals surface area contributed by atoms with Gasteiger partial charge in [0.05, 0.1) is 12.2 Å². The Hall–Kier alpha value is -0.0400. The van der Waals surface area contributed by atoms with Crippen molar-refractivity contribution in [1.29, 1.82) is 0 Å². The Kier molecular flexibility index (Phi) is 5.54. The predicted octanol–water partition coefficient (Wildman–Crippen LogP) is 4.16. The minimum atomic E-state index is 0.589. The molecule has 0 amide bonds. The summed E-state index contributed by atoms with van der Waals surface area (Å²) in [6, 6.07) is 0. The first-order valence-corrected chi connectivity index (χ1v) is 6.41. The summed E-state index contributed by atoms with van der Waals surface area (Å²) in [5.41, 5.74) is 0. The van der Waals surface area contributed by atoms with Crippen LogP contribution in [0.25, 0.3) is 0 Å². The first kappa shape index (κ1) is 12.0. The molecule has 1 aliphatic heterocycles. The molecule has 1 rings (SSSR count). The first-order valence-electron chi connectivity index (χ1n) is 6.41. The number of epoxide rings is 1. The lowest BCUT2D eigenvalue weighted by Crippen LogP contribution is -2.01. The number of rotatable bonds is 8. The largest absolute Gasteiger partial charge is 0.369 e. The van der Waals surface area contributed by atoms with E-state index in [0.717, 1.165) is 5.92 Å². The lowest BCUT2D eigenvalue weighted by Gasteiger charge is -1.99. The van der Waals surface area contributed by atoms with Crippen LogP contribution in [0.2, 0.25) is 0 Å². The zero-order valence-electron chi connectivity index (χ0n) is 10.1. The minimum Gasteiger partial charge on any atom is -0.369 e. The van der Waals surface area contributed by atoms with Gasteiger partial charge in [-0.2, -0.15) is 0 Å². The van der Waals surface area contributed by atoms with Crippen LogP contribution in [0, 0.1) is 5.92 Å². The van der Waals surface area contributed by atoms with Crippen molar-refractivity contribution in [2.45, 2.75) is 77.9 Å². The average molecular weight is 198 g/mol. The van der Waals surface area contributed by atoms with E-state index in [1.165, 1.54) is 44.9 Å².